The molecule has 5 nitrogen and oxygen atoms in total. The highest BCUT2D eigenvalue weighted by Gasteiger charge is 2.31. The van der Waals surface area contributed by atoms with Gasteiger partial charge in [0.25, 0.3) is 10.0 Å². The summed E-state index contributed by atoms with van der Waals surface area (Å²) < 4.78 is 27.9. The van der Waals surface area contributed by atoms with E-state index in [4.69, 9.17) is 0 Å². The van der Waals surface area contributed by atoms with Crippen molar-refractivity contribution in [1.29, 1.82) is 0 Å². The van der Waals surface area contributed by atoms with E-state index < -0.39 is 10.0 Å². The topological polar surface area (TPSA) is 57.7 Å². The number of sulfonamides is 1. The molecular formula is C22H28N2O3S. The Morgan fingerprint density at radius 2 is 1.57 bits per heavy atom. The van der Waals surface area contributed by atoms with E-state index in [1.807, 2.05) is 13.0 Å². The van der Waals surface area contributed by atoms with Crippen molar-refractivity contribution in [3.8, 4) is 0 Å². The van der Waals surface area contributed by atoms with Crippen LogP contribution in [-0.2, 0) is 14.8 Å². The third kappa shape index (κ3) is 4.55. The summed E-state index contributed by atoms with van der Waals surface area (Å²) >= 11 is 0. The molecule has 0 aliphatic carbocycles. The molecule has 0 aromatic heterocycles. The first-order chi connectivity index (χ1) is 13.3. The third-order valence-electron chi connectivity index (χ3n) is 5.15. The zero-order valence-corrected chi connectivity index (χ0v) is 17.5. The van der Waals surface area contributed by atoms with Crippen molar-refractivity contribution in [1.82, 2.24) is 4.90 Å². The smallest absolute Gasteiger partial charge is 0.264 e. The molecule has 3 rings (SSSR count). The zero-order valence-electron chi connectivity index (χ0n) is 16.7. The molecule has 1 saturated heterocycles. The van der Waals surface area contributed by atoms with Crippen molar-refractivity contribution >= 4 is 21.6 Å². The van der Waals surface area contributed by atoms with Gasteiger partial charge in [0.1, 0.15) is 6.54 Å². The van der Waals surface area contributed by atoms with Gasteiger partial charge in [-0.2, -0.15) is 0 Å². The Morgan fingerprint density at radius 3 is 2.14 bits per heavy atom. The number of aryl methyl sites for hydroxylation is 1. The van der Waals surface area contributed by atoms with E-state index in [2.05, 4.69) is 13.8 Å². The van der Waals surface area contributed by atoms with Crippen LogP contribution < -0.4 is 4.31 Å². The number of amides is 1. The fourth-order valence-electron chi connectivity index (χ4n) is 3.84. The first-order valence-electron chi connectivity index (χ1n) is 9.69. The van der Waals surface area contributed by atoms with Gasteiger partial charge in [-0.1, -0.05) is 49.7 Å². The van der Waals surface area contributed by atoms with Crippen LogP contribution in [0, 0.1) is 18.8 Å². The second-order valence-electron chi connectivity index (χ2n) is 7.91. The molecular weight excluding hydrogens is 372 g/mol. The maximum Gasteiger partial charge on any atom is 0.264 e. The van der Waals surface area contributed by atoms with Crippen LogP contribution in [0.3, 0.4) is 0 Å². The summed E-state index contributed by atoms with van der Waals surface area (Å²) in [7, 11) is -3.85. The molecule has 6 heteroatoms. The summed E-state index contributed by atoms with van der Waals surface area (Å²) in [4.78, 5) is 15.0. The molecule has 2 atom stereocenters. The molecule has 0 bridgehead atoms. The van der Waals surface area contributed by atoms with Crippen LogP contribution in [0.25, 0.3) is 0 Å². The first-order valence-corrected chi connectivity index (χ1v) is 11.1. The van der Waals surface area contributed by atoms with E-state index in [0.717, 1.165) is 12.0 Å². The predicted octanol–water partition coefficient (Wildman–Crippen LogP) is 3.69. The molecule has 1 aliphatic heterocycles. The molecule has 0 saturated carbocycles. The van der Waals surface area contributed by atoms with Crippen LogP contribution in [0.5, 0.6) is 0 Å². The number of hydrogen-bond donors (Lipinski definition) is 0. The van der Waals surface area contributed by atoms with Crippen molar-refractivity contribution in [2.24, 2.45) is 11.8 Å². The molecule has 2 aromatic rings. The maximum absolute atomic E-state index is 13.3. The number of piperidine rings is 1. The number of carbonyl (C=O) groups excluding carboxylic acids is 1. The van der Waals surface area contributed by atoms with Gasteiger partial charge in [-0.15, -0.1) is 0 Å². The predicted molar refractivity (Wildman–Crippen MR) is 112 cm³/mol. The van der Waals surface area contributed by atoms with Crippen molar-refractivity contribution in [2.45, 2.75) is 32.1 Å². The lowest BCUT2D eigenvalue weighted by atomic mass is 9.92. The van der Waals surface area contributed by atoms with Gasteiger partial charge in [0.15, 0.2) is 0 Å². The molecule has 150 valence electrons. The van der Waals surface area contributed by atoms with Crippen molar-refractivity contribution in [2.75, 3.05) is 23.9 Å². The number of carbonyl (C=O) groups is 1. The van der Waals surface area contributed by atoms with E-state index in [1.165, 1.54) is 4.31 Å². The number of likely N-dealkylation sites (tertiary alicyclic amines) is 1. The van der Waals surface area contributed by atoms with Gasteiger partial charge < -0.3 is 4.90 Å². The lowest BCUT2D eigenvalue weighted by molar-refractivity contribution is -0.132. The summed E-state index contributed by atoms with van der Waals surface area (Å²) in [6.07, 6.45) is 1.09. The number of benzene rings is 2. The summed E-state index contributed by atoms with van der Waals surface area (Å²) in [6.45, 7) is 7.34. The minimum atomic E-state index is -3.85. The Labute approximate surface area is 168 Å². The molecule has 1 fully saturated rings. The van der Waals surface area contributed by atoms with Crippen LogP contribution in [0.4, 0.5) is 5.69 Å². The monoisotopic (exact) mass is 400 g/mol. The van der Waals surface area contributed by atoms with Gasteiger partial charge in [0.05, 0.1) is 10.6 Å². The minimum absolute atomic E-state index is 0.155. The van der Waals surface area contributed by atoms with E-state index in [0.29, 0.717) is 30.6 Å². The molecule has 28 heavy (non-hydrogen) atoms. The van der Waals surface area contributed by atoms with Crippen LogP contribution in [0.15, 0.2) is 59.5 Å². The molecule has 1 aliphatic rings. The van der Waals surface area contributed by atoms with Gasteiger partial charge in [0.2, 0.25) is 5.91 Å². The fraction of sp³-hybridized carbons (Fsp3) is 0.409. The summed E-state index contributed by atoms with van der Waals surface area (Å²) in [5.41, 5.74) is 1.48. The van der Waals surface area contributed by atoms with Crippen LogP contribution in [0.2, 0.25) is 0 Å². The highest BCUT2D eigenvalue weighted by atomic mass is 32.2. The van der Waals surface area contributed by atoms with Crippen LogP contribution in [0.1, 0.15) is 25.8 Å². The number of para-hydroxylation sites is 1. The Hall–Kier alpha value is -2.34. The Morgan fingerprint density at radius 1 is 1.00 bits per heavy atom. The Bertz CT molecular complexity index is 901. The Balaban J connectivity index is 1.92. The van der Waals surface area contributed by atoms with Gasteiger partial charge in [-0.25, -0.2) is 8.42 Å². The van der Waals surface area contributed by atoms with Crippen molar-refractivity contribution in [3.05, 3.63) is 60.2 Å². The fourth-order valence-corrected chi connectivity index (χ4v) is 5.25. The second-order valence-corrected chi connectivity index (χ2v) is 9.77. The third-order valence-corrected chi connectivity index (χ3v) is 6.94. The normalized spacial score (nSPS) is 20.0. The molecule has 1 amide bonds. The molecule has 1 heterocycles. The van der Waals surface area contributed by atoms with E-state index in [1.54, 1.807) is 53.4 Å². The molecule has 0 spiro atoms. The quantitative estimate of drug-likeness (QED) is 0.769. The van der Waals surface area contributed by atoms with Gasteiger partial charge in [-0.3, -0.25) is 9.10 Å². The van der Waals surface area contributed by atoms with Gasteiger partial charge >= 0.3 is 0 Å². The van der Waals surface area contributed by atoms with Crippen molar-refractivity contribution < 1.29 is 13.2 Å². The number of hydrogen-bond acceptors (Lipinski definition) is 3. The molecule has 0 radical (unpaired) electrons. The van der Waals surface area contributed by atoms with E-state index >= 15 is 0 Å². The zero-order chi connectivity index (χ0) is 20.3. The Kier molecular flexibility index (Phi) is 6.08. The highest BCUT2D eigenvalue weighted by molar-refractivity contribution is 7.92. The van der Waals surface area contributed by atoms with Crippen LogP contribution in [-0.4, -0.2) is 38.9 Å². The average molecular weight is 401 g/mol. The lowest BCUT2D eigenvalue weighted by Crippen LogP contribution is -2.48. The number of anilines is 1. The number of rotatable bonds is 5. The lowest BCUT2D eigenvalue weighted by Gasteiger charge is -2.36. The summed E-state index contributed by atoms with van der Waals surface area (Å²) in [6, 6.07) is 15.6. The summed E-state index contributed by atoms with van der Waals surface area (Å²) in [5.74, 6) is 0.691. The summed E-state index contributed by atoms with van der Waals surface area (Å²) in [5, 5.41) is 0. The second kappa shape index (κ2) is 8.35. The van der Waals surface area contributed by atoms with Crippen molar-refractivity contribution in [3.63, 3.8) is 0 Å². The number of nitrogens with zero attached hydrogens (tertiary/aromatic N) is 2. The molecule has 0 N–H and O–H groups in total. The largest absolute Gasteiger partial charge is 0.341 e. The average Bonchev–Trinajstić information content (AvgIpc) is 2.66. The standard InChI is InChI=1S/C22H28N2O3S/c1-17-9-11-21(12-10-17)28(26,27)24(20-7-5-4-6-8-20)16-22(25)23-14-18(2)13-19(3)15-23/h4-12,18-19H,13-16H2,1-3H3. The molecule has 2 aromatic carbocycles. The highest BCUT2D eigenvalue weighted by Crippen LogP contribution is 2.25. The van der Waals surface area contributed by atoms with E-state index in [-0.39, 0.29) is 17.3 Å². The minimum Gasteiger partial charge on any atom is -0.341 e. The van der Waals surface area contributed by atoms with Gasteiger partial charge in [0, 0.05) is 13.1 Å². The van der Waals surface area contributed by atoms with E-state index in [9.17, 15) is 13.2 Å². The SMILES string of the molecule is Cc1ccc(S(=O)(=O)N(CC(=O)N2CC(C)CC(C)C2)c2ccccc2)cc1. The maximum atomic E-state index is 13.3. The molecule has 2 unspecified atom stereocenters. The van der Waals surface area contributed by atoms with Gasteiger partial charge in [-0.05, 0) is 49.4 Å². The first kappa shape index (κ1) is 20.4. The van der Waals surface area contributed by atoms with Crippen LogP contribution >= 0.6 is 0 Å².